The zero-order chi connectivity index (χ0) is 15.2. The highest BCUT2D eigenvalue weighted by atomic mass is 35.5. The summed E-state index contributed by atoms with van der Waals surface area (Å²) in [6, 6.07) is -0.588. The Kier molecular flexibility index (Phi) is 9.87. The van der Waals surface area contributed by atoms with Gasteiger partial charge in [-0.2, -0.15) is 0 Å². The van der Waals surface area contributed by atoms with Crippen LogP contribution in [0.15, 0.2) is 0 Å². The molecule has 0 rings (SSSR count). The summed E-state index contributed by atoms with van der Waals surface area (Å²) >= 11 is 0. The average molecular weight is 308 g/mol. The third kappa shape index (κ3) is 8.38. The van der Waals surface area contributed by atoms with Gasteiger partial charge in [0.05, 0.1) is 0 Å². The van der Waals surface area contributed by atoms with Crippen molar-refractivity contribution in [3.8, 4) is 0 Å². The van der Waals surface area contributed by atoms with Gasteiger partial charge in [0.25, 0.3) is 0 Å². The summed E-state index contributed by atoms with van der Waals surface area (Å²) in [4.78, 5) is 23.8. The summed E-state index contributed by atoms with van der Waals surface area (Å²) in [7, 11) is 0. The Balaban J connectivity index is 0. The summed E-state index contributed by atoms with van der Waals surface area (Å²) in [5, 5.41) is 5.59. The molecule has 0 saturated heterocycles. The van der Waals surface area contributed by atoms with Crippen LogP contribution >= 0.6 is 12.4 Å². The first-order valence-corrected chi connectivity index (χ1v) is 6.89. The molecule has 5 nitrogen and oxygen atoms in total. The molecule has 0 spiro atoms. The van der Waals surface area contributed by atoms with E-state index < -0.39 is 11.5 Å². The highest BCUT2D eigenvalue weighted by Gasteiger charge is 2.25. The average Bonchev–Trinajstić information content (AvgIpc) is 2.25. The molecule has 6 heteroatoms. The maximum Gasteiger partial charge on any atom is 0.242 e. The van der Waals surface area contributed by atoms with Crippen molar-refractivity contribution in [1.82, 2.24) is 10.6 Å². The van der Waals surface area contributed by atoms with Gasteiger partial charge in [-0.1, -0.05) is 34.6 Å². The molecule has 0 saturated carbocycles. The lowest BCUT2D eigenvalue weighted by atomic mass is 9.95. The van der Waals surface area contributed by atoms with Crippen molar-refractivity contribution in [3.05, 3.63) is 0 Å². The molecule has 0 aliphatic heterocycles. The molecule has 20 heavy (non-hydrogen) atoms. The third-order valence-corrected chi connectivity index (χ3v) is 2.81. The maximum atomic E-state index is 12.0. The van der Waals surface area contributed by atoms with Crippen LogP contribution in [0.2, 0.25) is 0 Å². The van der Waals surface area contributed by atoms with E-state index in [9.17, 15) is 9.59 Å². The minimum Gasteiger partial charge on any atom is -0.350 e. The van der Waals surface area contributed by atoms with Gasteiger partial charge in [-0.05, 0) is 19.3 Å². The Bertz CT molecular complexity index is 314. The molecule has 0 radical (unpaired) electrons. The van der Waals surface area contributed by atoms with Crippen LogP contribution in [0.3, 0.4) is 0 Å². The van der Waals surface area contributed by atoms with Crippen LogP contribution in [0.4, 0.5) is 0 Å². The van der Waals surface area contributed by atoms with Crippen molar-refractivity contribution in [3.63, 3.8) is 0 Å². The van der Waals surface area contributed by atoms with E-state index in [4.69, 9.17) is 5.73 Å². The number of nitrogens with two attached hydrogens (primary N) is 1. The fraction of sp³-hybridized carbons (Fsp3) is 0.857. The molecule has 0 aromatic heterocycles. The topological polar surface area (TPSA) is 84.2 Å². The molecule has 0 heterocycles. The molecule has 0 aromatic carbocycles. The molecule has 0 aromatic rings. The summed E-state index contributed by atoms with van der Waals surface area (Å²) in [5.41, 5.74) is 5.14. The van der Waals surface area contributed by atoms with Gasteiger partial charge in [-0.25, -0.2) is 0 Å². The van der Waals surface area contributed by atoms with Crippen LogP contribution in [0, 0.1) is 11.3 Å². The summed E-state index contributed by atoms with van der Waals surface area (Å²) in [6.45, 7) is 11.7. The van der Waals surface area contributed by atoms with Gasteiger partial charge in [0.2, 0.25) is 11.8 Å². The molecule has 2 amide bonds. The monoisotopic (exact) mass is 307 g/mol. The Labute approximate surface area is 128 Å². The van der Waals surface area contributed by atoms with Gasteiger partial charge in [0, 0.05) is 18.0 Å². The highest BCUT2D eigenvalue weighted by molar-refractivity contribution is 5.89. The Morgan fingerprint density at radius 3 is 1.95 bits per heavy atom. The van der Waals surface area contributed by atoms with Crippen LogP contribution < -0.4 is 16.4 Å². The SMILES string of the molecule is CC(C)CC(CN)NC(=O)C(C)NC(=O)C(C)(C)C.Cl. The molecule has 2 unspecified atom stereocenters. The molecule has 120 valence electrons. The van der Waals surface area contributed by atoms with E-state index >= 15 is 0 Å². The minimum absolute atomic E-state index is 0. The summed E-state index contributed by atoms with van der Waals surface area (Å²) in [6.07, 6.45) is 0.835. The van der Waals surface area contributed by atoms with Gasteiger partial charge in [-0.3, -0.25) is 9.59 Å². The first-order chi connectivity index (χ1) is 8.57. The third-order valence-electron chi connectivity index (χ3n) is 2.81. The Hall–Kier alpha value is -0.810. The van der Waals surface area contributed by atoms with Crippen molar-refractivity contribution in [2.75, 3.05) is 6.54 Å². The van der Waals surface area contributed by atoms with Gasteiger partial charge in [-0.15, -0.1) is 12.4 Å². The molecule has 0 aliphatic carbocycles. The molecule has 0 aliphatic rings. The summed E-state index contributed by atoms with van der Waals surface area (Å²) in [5.74, 6) is 0.144. The van der Waals surface area contributed by atoms with Crippen molar-refractivity contribution >= 4 is 24.2 Å². The minimum atomic E-state index is -0.548. The number of halogens is 1. The first kappa shape index (κ1) is 21.5. The first-order valence-electron chi connectivity index (χ1n) is 6.89. The van der Waals surface area contributed by atoms with Crippen LogP contribution in [-0.2, 0) is 9.59 Å². The highest BCUT2D eigenvalue weighted by Crippen LogP contribution is 2.12. The van der Waals surface area contributed by atoms with E-state index in [1.807, 2.05) is 20.8 Å². The second kappa shape index (κ2) is 9.19. The maximum absolute atomic E-state index is 12.0. The van der Waals surface area contributed by atoms with Crippen LogP contribution in [-0.4, -0.2) is 30.4 Å². The molecule has 4 N–H and O–H groups in total. The van der Waals surface area contributed by atoms with E-state index in [-0.39, 0.29) is 30.3 Å². The van der Waals surface area contributed by atoms with Crippen LogP contribution in [0.1, 0.15) is 48.0 Å². The van der Waals surface area contributed by atoms with Gasteiger partial charge < -0.3 is 16.4 Å². The normalized spacial score (nSPS) is 14.2. The lowest BCUT2D eigenvalue weighted by Gasteiger charge is -2.24. The van der Waals surface area contributed by atoms with E-state index in [2.05, 4.69) is 24.5 Å². The Morgan fingerprint density at radius 1 is 1.10 bits per heavy atom. The van der Waals surface area contributed by atoms with Crippen molar-refractivity contribution < 1.29 is 9.59 Å². The number of hydrogen-bond acceptors (Lipinski definition) is 3. The quantitative estimate of drug-likeness (QED) is 0.694. The number of hydrogen-bond donors (Lipinski definition) is 3. The second-order valence-electron chi connectivity index (χ2n) is 6.52. The fourth-order valence-electron chi connectivity index (χ4n) is 1.59. The zero-order valence-electron chi connectivity index (χ0n) is 13.4. The zero-order valence-corrected chi connectivity index (χ0v) is 14.3. The van der Waals surface area contributed by atoms with E-state index in [0.717, 1.165) is 6.42 Å². The van der Waals surface area contributed by atoms with Gasteiger partial charge >= 0.3 is 0 Å². The van der Waals surface area contributed by atoms with E-state index in [0.29, 0.717) is 12.5 Å². The van der Waals surface area contributed by atoms with Crippen molar-refractivity contribution in [1.29, 1.82) is 0 Å². The molecule has 0 bridgehead atoms. The van der Waals surface area contributed by atoms with Gasteiger partial charge in [0.15, 0.2) is 0 Å². The van der Waals surface area contributed by atoms with E-state index in [1.54, 1.807) is 6.92 Å². The van der Waals surface area contributed by atoms with Gasteiger partial charge in [0.1, 0.15) is 6.04 Å². The Morgan fingerprint density at radius 2 is 1.60 bits per heavy atom. The molecule has 0 fully saturated rings. The van der Waals surface area contributed by atoms with Crippen molar-refractivity contribution in [2.45, 2.75) is 60.0 Å². The number of amides is 2. The fourth-order valence-corrected chi connectivity index (χ4v) is 1.59. The summed E-state index contributed by atoms with van der Waals surface area (Å²) < 4.78 is 0. The number of carbonyl (C=O) groups is 2. The molecule has 2 atom stereocenters. The second-order valence-corrected chi connectivity index (χ2v) is 6.52. The molecular weight excluding hydrogens is 278 g/mol. The predicted molar refractivity (Wildman–Crippen MR) is 84.7 cm³/mol. The number of rotatable bonds is 6. The van der Waals surface area contributed by atoms with Crippen LogP contribution in [0.25, 0.3) is 0 Å². The van der Waals surface area contributed by atoms with Crippen molar-refractivity contribution in [2.24, 2.45) is 17.1 Å². The lowest BCUT2D eigenvalue weighted by Crippen LogP contribution is -2.52. The van der Waals surface area contributed by atoms with Crippen LogP contribution in [0.5, 0.6) is 0 Å². The molecular formula is C14H30ClN3O2. The predicted octanol–water partition coefficient (Wildman–Crippen LogP) is 1.45. The van der Waals surface area contributed by atoms with E-state index in [1.165, 1.54) is 0 Å². The lowest BCUT2D eigenvalue weighted by molar-refractivity contribution is -0.133. The standard InChI is InChI=1S/C14H29N3O2.ClH/c1-9(2)7-11(8-15)17-12(18)10(3)16-13(19)14(4,5)6;/h9-11H,7-8,15H2,1-6H3,(H,16,19)(H,17,18);1H. The smallest absolute Gasteiger partial charge is 0.242 e. The number of nitrogens with one attached hydrogen (secondary N) is 2. The number of carbonyl (C=O) groups excluding carboxylic acids is 2. The largest absolute Gasteiger partial charge is 0.350 e.